The lowest BCUT2D eigenvalue weighted by Gasteiger charge is -2.20. The third-order valence-electron chi connectivity index (χ3n) is 4.23. The topological polar surface area (TPSA) is 69.4 Å². The predicted octanol–water partition coefficient (Wildman–Crippen LogP) is 1.31. The van der Waals surface area contributed by atoms with E-state index in [0.717, 1.165) is 12.2 Å². The summed E-state index contributed by atoms with van der Waals surface area (Å²) in [6.45, 7) is 0.659. The molecular weight excluding hydrogens is 262 g/mol. The number of rotatable bonds is 3. The molecule has 5 heteroatoms. The van der Waals surface area contributed by atoms with Crippen molar-refractivity contribution in [1.29, 1.82) is 0 Å². The molecule has 2 aliphatic heterocycles. The van der Waals surface area contributed by atoms with Gasteiger partial charge in [-0.1, -0.05) is 18.2 Å². The van der Waals surface area contributed by atoms with E-state index in [0.29, 0.717) is 24.7 Å². The van der Waals surface area contributed by atoms with Crippen LogP contribution in [0.2, 0.25) is 0 Å². The first-order chi connectivity index (χ1) is 9.05. The Hall–Kier alpha value is -1.07. The van der Waals surface area contributed by atoms with Crippen LogP contribution in [0.5, 0.6) is 5.75 Å². The van der Waals surface area contributed by atoms with Crippen LogP contribution in [-0.2, 0) is 9.84 Å². The zero-order valence-electron chi connectivity index (χ0n) is 10.8. The summed E-state index contributed by atoms with van der Waals surface area (Å²) in [5.41, 5.74) is 7.42. The maximum absolute atomic E-state index is 11.5. The Bertz CT molecular complexity index is 570. The zero-order valence-corrected chi connectivity index (χ0v) is 11.6. The average Bonchev–Trinajstić information content (AvgIpc) is 2.94. The Morgan fingerprint density at radius 3 is 2.89 bits per heavy atom. The molecular formula is C14H19NO3S. The van der Waals surface area contributed by atoms with Crippen molar-refractivity contribution >= 4 is 9.84 Å². The molecule has 3 atom stereocenters. The molecule has 2 aliphatic rings. The Labute approximate surface area is 113 Å². The van der Waals surface area contributed by atoms with Crippen molar-refractivity contribution in [2.24, 2.45) is 11.7 Å². The van der Waals surface area contributed by atoms with Crippen LogP contribution in [-0.4, -0.2) is 32.6 Å². The highest BCUT2D eigenvalue weighted by molar-refractivity contribution is 7.91. The summed E-state index contributed by atoms with van der Waals surface area (Å²) in [7, 11) is -2.85. The minimum absolute atomic E-state index is 0.0583. The second kappa shape index (κ2) is 4.80. The maximum Gasteiger partial charge on any atom is 0.150 e. The molecule has 4 nitrogen and oxygen atoms in total. The Kier molecular flexibility index (Phi) is 3.27. The van der Waals surface area contributed by atoms with Crippen molar-refractivity contribution in [3.05, 3.63) is 29.8 Å². The normalized spacial score (nSPS) is 29.7. The van der Waals surface area contributed by atoms with Crippen LogP contribution >= 0.6 is 0 Å². The van der Waals surface area contributed by atoms with E-state index in [4.69, 9.17) is 10.5 Å². The summed E-state index contributed by atoms with van der Waals surface area (Å²) < 4.78 is 28.6. The standard InChI is InChI=1S/C14H19NO3S/c15-13(10-5-6-19(16,17)9-10)7-11-8-18-14-4-2-1-3-12(11)14/h1-4,10-11,13H,5-9,15H2. The summed E-state index contributed by atoms with van der Waals surface area (Å²) in [5.74, 6) is 1.90. The van der Waals surface area contributed by atoms with E-state index >= 15 is 0 Å². The molecule has 0 bridgehead atoms. The first kappa shape index (κ1) is 12.9. The fourth-order valence-electron chi connectivity index (χ4n) is 3.11. The van der Waals surface area contributed by atoms with Gasteiger partial charge in [0.25, 0.3) is 0 Å². The fourth-order valence-corrected chi connectivity index (χ4v) is 5.00. The lowest BCUT2D eigenvalue weighted by molar-refractivity contribution is 0.306. The molecule has 0 amide bonds. The highest BCUT2D eigenvalue weighted by Crippen LogP contribution is 2.37. The van der Waals surface area contributed by atoms with E-state index in [9.17, 15) is 8.42 Å². The van der Waals surface area contributed by atoms with Gasteiger partial charge < -0.3 is 10.5 Å². The van der Waals surface area contributed by atoms with Gasteiger partial charge in [0.05, 0.1) is 18.1 Å². The predicted molar refractivity (Wildman–Crippen MR) is 74.0 cm³/mol. The number of sulfone groups is 1. The molecule has 2 heterocycles. The van der Waals surface area contributed by atoms with Gasteiger partial charge >= 0.3 is 0 Å². The summed E-state index contributed by atoms with van der Waals surface area (Å²) in [6, 6.07) is 7.96. The number of benzene rings is 1. The van der Waals surface area contributed by atoms with Crippen molar-refractivity contribution in [3.8, 4) is 5.75 Å². The highest BCUT2D eigenvalue weighted by Gasteiger charge is 2.34. The summed E-state index contributed by atoms with van der Waals surface area (Å²) in [5, 5.41) is 0. The largest absolute Gasteiger partial charge is 0.493 e. The Morgan fingerprint density at radius 1 is 1.37 bits per heavy atom. The monoisotopic (exact) mass is 281 g/mol. The fraction of sp³-hybridized carbons (Fsp3) is 0.571. The molecule has 104 valence electrons. The van der Waals surface area contributed by atoms with E-state index in [-0.39, 0.29) is 17.7 Å². The van der Waals surface area contributed by atoms with Crippen LogP contribution in [0.15, 0.2) is 24.3 Å². The number of nitrogens with two attached hydrogens (primary N) is 1. The van der Waals surface area contributed by atoms with Crippen LogP contribution in [0.3, 0.4) is 0 Å². The molecule has 1 fully saturated rings. The van der Waals surface area contributed by atoms with Gasteiger partial charge in [-0.25, -0.2) is 8.42 Å². The quantitative estimate of drug-likeness (QED) is 0.907. The van der Waals surface area contributed by atoms with E-state index in [2.05, 4.69) is 6.07 Å². The molecule has 1 aromatic rings. The molecule has 0 saturated carbocycles. The average molecular weight is 281 g/mol. The lowest BCUT2D eigenvalue weighted by Crippen LogP contribution is -2.33. The Balaban J connectivity index is 1.67. The Morgan fingerprint density at radius 2 is 2.16 bits per heavy atom. The van der Waals surface area contributed by atoms with Gasteiger partial charge in [-0.2, -0.15) is 0 Å². The zero-order chi connectivity index (χ0) is 13.5. The number of hydrogen-bond acceptors (Lipinski definition) is 4. The van der Waals surface area contributed by atoms with Gasteiger partial charge in [0.15, 0.2) is 9.84 Å². The van der Waals surface area contributed by atoms with Crippen molar-refractivity contribution in [3.63, 3.8) is 0 Å². The minimum atomic E-state index is -2.85. The van der Waals surface area contributed by atoms with Gasteiger partial charge in [-0.05, 0) is 24.8 Å². The molecule has 0 spiro atoms. The second-order valence-corrected chi connectivity index (χ2v) is 7.84. The number of fused-ring (bicyclic) bond motifs is 1. The van der Waals surface area contributed by atoms with Gasteiger partial charge in [-0.3, -0.25) is 0 Å². The van der Waals surface area contributed by atoms with E-state index in [1.807, 2.05) is 18.2 Å². The van der Waals surface area contributed by atoms with Gasteiger partial charge in [0.1, 0.15) is 5.75 Å². The van der Waals surface area contributed by atoms with Crippen LogP contribution < -0.4 is 10.5 Å². The number of para-hydroxylation sites is 1. The van der Waals surface area contributed by atoms with Crippen LogP contribution in [0.25, 0.3) is 0 Å². The smallest absolute Gasteiger partial charge is 0.150 e. The molecule has 0 aromatic heterocycles. The molecule has 0 radical (unpaired) electrons. The summed E-state index contributed by atoms with van der Waals surface area (Å²) in [6.07, 6.45) is 1.51. The number of ether oxygens (including phenoxy) is 1. The summed E-state index contributed by atoms with van der Waals surface area (Å²) >= 11 is 0. The first-order valence-electron chi connectivity index (χ1n) is 6.73. The molecule has 3 unspecified atom stereocenters. The van der Waals surface area contributed by atoms with Crippen LogP contribution in [0.1, 0.15) is 24.3 Å². The SMILES string of the molecule is NC(CC1COc2ccccc21)C1CCS(=O)(=O)C1. The van der Waals surface area contributed by atoms with Crippen molar-refractivity contribution in [2.75, 3.05) is 18.1 Å². The van der Waals surface area contributed by atoms with Crippen LogP contribution in [0.4, 0.5) is 0 Å². The maximum atomic E-state index is 11.5. The lowest BCUT2D eigenvalue weighted by atomic mass is 9.88. The molecule has 3 rings (SSSR count). The highest BCUT2D eigenvalue weighted by atomic mass is 32.2. The molecule has 0 aliphatic carbocycles. The number of hydrogen-bond donors (Lipinski definition) is 1. The van der Waals surface area contributed by atoms with Gasteiger partial charge in [-0.15, -0.1) is 0 Å². The molecule has 19 heavy (non-hydrogen) atoms. The molecule has 2 N–H and O–H groups in total. The third kappa shape index (κ3) is 2.62. The van der Waals surface area contributed by atoms with Gasteiger partial charge in [0, 0.05) is 17.5 Å². The van der Waals surface area contributed by atoms with Crippen molar-refractivity contribution in [2.45, 2.75) is 24.8 Å². The summed E-state index contributed by atoms with van der Waals surface area (Å²) in [4.78, 5) is 0. The van der Waals surface area contributed by atoms with E-state index in [1.165, 1.54) is 5.56 Å². The van der Waals surface area contributed by atoms with E-state index < -0.39 is 9.84 Å². The molecule has 1 saturated heterocycles. The van der Waals surface area contributed by atoms with Crippen LogP contribution in [0, 0.1) is 5.92 Å². The third-order valence-corrected chi connectivity index (χ3v) is 6.02. The minimum Gasteiger partial charge on any atom is -0.493 e. The van der Waals surface area contributed by atoms with Crippen molar-refractivity contribution < 1.29 is 13.2 Å². The van der Waals surface area contributed by atoms with E-state index in [1.54, 1.807) is 0 Å². The van der Waals surface area contributed by atoms with Crippen molar-refractivity contribution in [1.82, 2.24) is 0 Å². The molecule has 1 aromatic carbocycles. The van der Waals surface area contributed by atoms with Gasteiger partial charge in [0.2, 0.25) is 0 Å². The first-order valence-corrected chi connectivity index (χ1v) is 8.55. The second-order valence-electron chi connectivity index (χ2n) is 5.61.